The van der Waals surface area contributed by atoms with Crippen LogP contribution in [0.1, 0.15) is 50.9 Å². The van der Waals surface area contributed by atoms with Crippen molar-refractivity contribution in [3.8, 4) is 11.4 Å². The highest BCUT2D eigenvalue weighted by molar-refractivity contribution is 7.99. The number of hydrogen-bond donors (Lipinski definition) is 1. The quantitative estimate of drug-likeness (QED) is 0.0988. The predicted octanol–water partition coefficient (Wildman–Crippen LogP) is 8.60. The van der Waals surface area contributed by atoms with Crippen molar-refractivity contribution >= 4 is 104 Å². The number of thioether (sulfide) groups is 2. The number of pyridine rings is 4. The van der Waals surface area contributed by atoms with Gasteiger partial charge in [0.1, 0.15) is 15.5 Å². The monoisotopic (exact) mass is 810 g/mol. The first-order chi connectivity index (χ1) is 23.7. The van der Waals surface area contributed by atoms with E-state index >= 15 is 0 Å². The van der Waals surface area contributed by atoms with E-state index in [9.17, 15) is 14.4 Å². The van der Waals surface area contributed by atoms with Crippen LogP contribution >= 0.6 is 81.5 Å². The molecule has 6 aromatic heterocycles. The lowest BCUT2D eigenvalue weighted by molar-refractivity contribution is 0.782. The molecule has 0 spiro atoms. The third kappa shape index (κ3) is 7.27. The summed E-state index contributed by atoms with van der Waals surface area (Å²) in [4.78, 5) is 62.8. The van der Waals surface area contributed by atoms with Crippen LogP contribution in [0.25, 0.3) is 33.4 Å². The lowest BCUT2D eigenvalue weighted by atomic mass is 10.1. The minimum Gasteiger partial charge on any atom is -0.273 e. The molecule has 0 saturated heterocycles. The fraction of sp³-hybridized carbons (Fsp3) is 0.250. The summed E-state index contributed by atoms with van der Waals surface area (Å²) in [6.45, 7) is 7.96. The first kappa shape index (κ1) is 38.1. The number of fused-ring (bicyclic) bond motifs is 2. The predicted molar refractivity (Wildman–Crippen MR) is 205 cm³/mol. The van der Waals surface area contributed by atoms with E-state index < -0.39 is 16.9 Å². The number of aromatic nitrogens is 8. The Morgan fingerprint density at radius 2 is 1.12 bits per heavy atom. The summed E-state index contributed by atoms with van der Waals surface area (Å²) >= 11 is 33.3. The molecule has 50 heavy (non-hydrogen) atoms. The van der Waals surface area contributed by atoms with Gasteiger partial charge in [-0.3, -0.25) is 19.7 Å². The van der Waals surface area contributed by atoms with E-state index in [1.165, 1.54) is 38.7 Å². The van der Waals surface area contributed by atoms with E-state index in [0.29, 0.717) is 22.4 Å². The molecule has 6 rings (SSSR count). The summed E-state index contributed by atoms with van der Waals surface area (Å²) in [7, 11) is 0. The highest BCUT2D eigenvalue weighted by Gasteiger charge is 2.23. The third-order valence-electron chi connectivity index (χ3n) is 7.34. The number of halogens is 5. The lowest BCUT2D eigenvalue weighted by Gasteiger charge is -2.18. The largest absolute Gasteiger partial charge is 0.355 e. The van der Waals surface area contributed by atoms with Gasteiger partial charge in [0.25, 0.3) is 5.56 Å². The molecule has 0 aliphatic carbocycles. The summed E-state index contributed by atoms with van der Waals surface area (Å²) in [5.41, 5.74) is 1.42. The van der Waals surface area contributed by atoms with Gasteiger partial charge in [0.2, 0.25) is 0 Å². The molecule has 0 unspecified atom stereocenters. The smallest absolute Gasteiger partial charge is 0.273 e. The Labute approximate surface area is 318 Å². The Balaban J connectivity index is 0.000000194. The minimum atomic E-state index is -0.603. The highest BCUT2D eigenvalue weighted by Crippen LogP contribution is 2.34. The van der Waals surface area contributed by atoms with Crippen molar-refractivity contribution in [2.24, 2.45) is 0 Å². The normalized spacial score (nSPS) is 11.5. The van der Waals surface area contributed by atoms with Gasteiger partial charge in [-0.1, -0.05) is 85.7 Å². The van der Waals surface area contributed by atoms with Gasteiger partial charge >= 0.3 is 11.4 Å². The van der Waals surface area contributed by atoms with E-state index in [4.69, 9.17) is 58.0 Å². The summed E-state index contributed by atoms with van der Waals surface area (Å²) in [6.07, 6.45) is 7.25. The first-order valence-corrected chi connectivity index (χ1v) is 19.1. The van der Waals surface area contributed by atoms with Gasteiger partial charge in [0, 0.05) is 22.2 Å². The molecule has 0 saturated carbocycles. The molecule has 260 valence electrons. The first-order valence-electron chi connectivity index (χ1n) is 14.7. The van der Waals surface area contributed by atoms with Crippen LogP contribution < -0.4 is 16.9 Å². The van der Waals surface area contributed by atoms with Crippen molar-refractivity contribution in [3.05, 3.63) is 105 Å². The zero-order chi connectivity index (χ0) is 36.6. The average Bonchev–Trinajstić information content (AvgIpc) is 3.07. The number of nitrogens with zero attached hydrogens (tertiary/aromatic N) is 7. The second-order valence-electron chi connectivity index (χ2n) is 11.2. The molecule has 6 heterocycles. The Kier molecular flexibility index (Phi) is 11.9. The number of hydrogen-bond acceptors (Lipinski definition) is 10. The SMILES string of the molecule is CSc1ccnc(C(C)C)c1-n1c(=O)[nH]c(=O)c2cc(Cl)c(Cl)nc21.CSc1ccnc(C(C)C)c1-n1c(=O)nc(Cl)c2cc(Cl)c(Cl)nc21. The van der Waals surface area contributed by atoms with Crippen LogP contribution in [0, 0.1) is 0 Å². The molecule has 1 N–H and O–H groups in total. The molecule has 6 aromatic rings. The standard InChI is InChI=1S/C16H13Cl3N4OS.C16H14Cl2N4O2S/c1-7(2)11-12(10(25-3)4-5-20-11)23-15-8(13(18)22-16(23)24)6-9(17)14(19)21-15;1-7(2)11-12(10(25-3)4-5-19-11)22-14-8(15(23)21-16(22)24)6-9(17)13(18)20-14/h4-7H,1-3H3;4-7H,1-3H3,(H,21,23,24). The van der Waals surface area contributed by atoms with Crippen LogP contribution in [0.3, 0.4) is 0 Å². The average molecular weight is 813 g/mol. The van der Waals surface area contributed by atoms with Crippen molar-refractivity contribution in [3.63, 3.8) is 0 Å². The van der Waals surface area contributed by atoms with Crippen LogP contribution in [0.4, 0.5) is 0 Å². The van der Waals surface area contributed by atoms with Crippen molar-refractivity contribution < 1.29 is 0 Å². The minimum absolute atomic E-state index is 0.0219. The van der Waals surface area contributed by atoms with Crippen molar-refractivity contribution in [1.29, 1.82) is 0 Å². The zero-order valence-corrected chi connectivity index (χ0v) is 32.6. The summed E-state index contributed by atoms with van der Waals surface area (Å²) in [5, 5.41) is 1.15. The fourth-order valence-electron chi connectivity index (χ4n) is 5.11. The van der Waals surface area contributed by atoms with Crippen LogP contribution in [-0.2, 0) is 0 Å². The zero-order valence-electron chi connectivity index (χ0n) is 27.2. The van der Waals surface area contributed by atoms with Crippen molar-refractivity contribution in [2.75, 3.05) is 12.5 Å². The summed E-state index contributed by atoms with van der Waals surface area (Å²) in [5.74, 6) is 0.140. The van der Waals surface area contributed by atoms with Crippen LogP contribution in [0.5, 0.6) is 0 Å². The second-order valence-corrected chi connectivity index (χ2v) is 14.8. The van der Waals surface area contributed by atoms with Gasteiger partial charge < -0.3 is 0 Å². The van der Waals surface area contributed by atoms with E-state index in [0.717, 1.165) is 21.2 Å². The molecule has 0 fully saturated rings. The molecule has 0 atom stereocenters. The van der Waals surface area contributed by atoms with E-state index in [1.807, 2.05) is 52.3 Å². The number of rotatable bonds is 6. The maximum absolute atomic E-state index is 12.7. The van der Waals surface area contributed by atoms with Crippen molar-refractivity contribution in [2.45, 2.75) is 49.3 Å². The Bertz CT molecular complexity index is 2470. The maximum Gasteiger partial charge on any atom is 0.355 e. The Morgan fingerprint density at radius 3 is 1.60 bits per heavy atom. The van der Waals surface area contributed by atoms with Gasteiger partial charge in [0.05, 0.1) is 43.6 Å². The number of nitrogens with one attached hydrogen (secondary N) is 1. The third-order valence-corrected chi connectivity index (χ3v) is 10.5. The molecule has 0 bridgehead atoms. The van der Waals surface area contributed by atoms with Crippen LogP contribution in [-0.4, -0.2) is 51.5 Å². The van der Waals surface area contributed by atoms with E-state index in [-0.39, 0.29) is 48.4 Å². The Morgan fingerprint density at radius 1 is 0.660 bits per heavy atom. The highest BCUT2D eigenvalue weighted by atomic mass is 35.5. The molecule has 11 nitrogen and oxygen atoms in total. The molecule has 0 aliphatic heterocycles. The van der Waals surface area contributed by atoms with Gasteiger partial charge in [0.15, 0.2) is 11.3 Å². The van der Waals surface area contributed by atoms with Gasteiger partial charge in [-0.05, 0) is 48.6 Å². The molecule has 0 aliphatic rings. The molecular formula is C32H27Cl5N8O3S2. The van der Waals surface area contributed by atoms with E-state index in [2.05, 4.69) is 29.9 Å². The Hall–Kier alpha value is -3.17. The molecule has 18 heteroatoms. The fourth-order valence-corrected chi connectivity index (χ4v) is 7.07. The maximum atomic E-state index is 12.7. The van der Waals surface area contributed by atoms with Gasteiger partial charge in [-0.15, -0.1) is 23.5 Å². The second kappa shape index (κ2) is 15.6. The summed E-state index contributed by atoms with van der Waals surface area (Å²) in [6, 6.07) is 6.62. The van der Waals surface area contributed by atoms with Gasteiger partial charge in [-0.25, -0.2) is 28.7 Å². The molecule has 0 aromatic carbocycles. The number of H-pyrrole nitrogens is 1. The topological polar surface area (TPSA) is 141 Å². The van der Waals surface area contributed by atoms with Crippen LogP contribution in [0.2, 0.25) is 25.5 Å². The van der Waals surface area contributed by atoms with Crippen LogP contribution in [0.15, 0.2) is 60.8 Å². The lowest BCUT2D eigenvalue weighted by Crippen LogP contribution is -2.31. The van der Waals surface area contributed by atoms with Gasteiger partial charge in [-0.2, -0.15) is 4.98 Å². The van der Waals surface area contributed by atoms with E-state index in [1.54, 1.807) is 18.5 Å². The molecule has 0 amide bonds. The van der Waals surface area contributed by atoms with Crippen molar-refractivity contribution in [1.82, 2.24) is 39.0 Å². The molecular weight excluding hydrogens is 786 g/mol. The summed E-state index contributed by atoms with van der Waals surface area (Å²) < 4.78 is 2.74. The number of aromatic amines is 1. The molecule has 0 radical (unpaired) electrons.